The lowest BCUT2D eigenvalue weighted by Gasteiger charge is -2.14. The first-order valence-corrected chi connectivity index (χ1v) is 10.1. The number of carbonyl (C=O) groups excluding carboxylic acids is 1. The van der Waals surface area contributed by atoms with Gasteiger partial charge in [0, 0.05) is 16.5 Å². The molecule has 2 aromatic carbocycles. The van der Waals surface area contributed by atoms with Crippen LogP contribution in [-0.4, -0.2) is 42.6 Å². The highest BCUT2D eigenvalue weighted by atomic mass is 79.9. The van der Waals surface area contributed by atoms with Crippen LogP contribution in [0.15, 0.2) is 44.7 Å². The highest BCUT2D eigenvalue weighted by Crippen LogP contribution is 2.38. The molecule has 10 heteroatoms. The molecule has 9 nitrogen and oxygen atoms in total. The first-order chi connectivity index (χ1) is 14.9. The Bertz CT molecular complexity index is 1200. The fraction of sp³-hybridized carbons (Fsp3) is 0.238. The van der Waals surface area contributed by atoms with Crippen molar-refractivity contribution in [1.29, 1.82) is 0 Å². The summed E-state index contributed by atoms with van der Waals surface area (Å²) in [6, 6.07) is 8.62. The van der Waals surface area contributed by atoms with Crippen molar-refractivity contribution in [1.82, 2.24) is 9.66 Å². The van der Waals surface area contributed by atoms with E-state index in [0.29, 0.717) is 40.2 Å². The van der Waals surface area contributed by atoms with E-state index in [9.17, 15) is 9.59 Å². The van der Waals surface area contributed by atoms with E-state index in [1.165, 1.54) is 25.1 Å². The highest BCUT2D eigenvalue weighted by molar-refractivity contribution is 9.10. The lowest BCUT2D eigenvalue weighted by atomic mass is 10.2. The van der Waals surface area contributed by atoms with Gasteiger partial charge in [-0.05, 0) is 30.3 Å². The molecule has 0 spiro atoms. The summed E-state index contributed by atoms with van der Waals surface area (Å²) in [6.07, 6.45) is 2.01. The van der Waals surface area contributed by atoms with Crippen LogP contribution in [-0.2, 0) is 11.2 Å². The van der Waals surface area contributed by atoms with Crippen LogP contribution in [0.1, 0.15) is 18.3 Å². The number of nitrogens with two attached hydrogens (primary N) is 1. The van der Waals surface area contributed by atoms with Crippen LogP contribution >= 0.6 is 15.9 Å². The summed E-state index contributed by atoms with van der Waals surface area (Å²) in [5.74, 6) is 0.786. The zero-order valence-corrected chi connectivity index (χ0v) is 18.8. The first-order valence-electron chi connectivity index (χ1n) is 9.30. The summed E-state index contributed by atoms with van der Waals surface area (Å²) in [6.45, 7) is 1.57. The number of aryl methyl sites for hydroxylation is 1. The van der Waals surface area contributed by atoms with E-state index in [2.05, 4.69) is 26.0 Å². The third kappa shape index (κ3) is 4.85. The molecule has 0 fully saturated rings. The Morgan fingerprint density at radius 3 is 2.48 bits per heavy atom. The van der Waals surface area contributed by atoms with E-state index in [4.69, 9.17) is 19.9 Å². The molecule has 0 bridgehead atoms. The molecule has 2 N–H and O–H groups in total. The fourth-order valence-electron chi connectivity index (χ4n) is 2.93. The van der Waals surface area contributed by atoms with Gasteiger partial charge in [0.25, 0.3) is 11.5 Å². The molecule has 0 unspecified atom stereocenters. The molecule has 0 aliphatic carbocycles. The van der Waals surface area contributed by atoms with E-state index in [-0.39, 0.29) is 17.9 Å². The molecular formula is C21H21BrN4O5. The summed E-state index contributed by atoms with van der Waals surface area (Å²) >= 11 is 3.38. The molecular weight excluding hydrogens is 468 g/mol. The maximum Gasteiger partial charge on any atom is 0.282 e. The maximum atomic E-state index is 13.0. The van der Waals surface area contributed by atoms with Crippen LogP contribution in [0, 0.1) is 0 Å². The highest BCUT2D eigenvalue weighted by Gasteiger charge is 2.15. The molecule has 0 radical (unpaired) electrons. The lowest BCUT2D eigenvalue weighted by molar-refractivity contribution is -0.120. The van der Waals surface area contributed by atoms with Gasteiger partial charge in [0.1, 0.15) is 5.82 Å². The number of primary amides is 1. The van der Waals surface area contributed by atoms with Gasteiger partial charge < -0.3 is 19.9 Å². The van der Waals surface area contributed by atoms with Gasteiger partial charge in [-0.25, -0.2) is 4.98 Å². The van der Waals surface area contributed by atoms with Gasteiger partial charge in [0.2, 0.25) is 5.75 Å². The molecule has 3 aromatic rings. The second-order valence-corrected chi connectivity index (χ2v) is 7.33. The monoisotopic (exact) mass is 488 g/mol. The maximum absolute atomic E-state index is 13.0. The molecule has 0 saturated carbocycles. The van der Waals surface area contributed by atoms with E-state index < -0.39 is 5.91 Å². The smallest absolute Gasteiger partial charge is 0.282 e. The van der Waals surface area contributed by atoms with Gasteiger partial charge in [0.05, 0.1) is 31.3 Å². The van der Waals surface area contributed by atoms with Crippen LogP contribution in [0.5, 0.6) is 17.2 Å². The number of nitrogens with zero attached hydrogens (tertiary/aromatic N) is 3. The van der Waals surface area contributed by atoms with Crippen LogP contribution in [0.25, 0.3) is 10.9 Å². The molecule has 0 atom stereocenters. The Morgan fingerprint density at radius 1 is 1.23 bits per heavy atom. The van der Waals surface area contributed by atoms with Gasteiger partial charge in [-0.3, -0.25) is 9.59 Å². The molecule has 0 aliphatic rings. The summed E-state index contributed by atoms with van der Waals surface area (Å²) in [4.78, 5) is 28.6. The molecule has 1 aromatic heterocycles. The SMILES string of the molecule is CCc1nc2ccc(Br)cc2c(=O)n1N=Cc1cc(OC)c(OCC(N)=O)c(OC)c1. The van der Waals surface area contributed by atoms with E-state index in [1.54, 1.807) is 24.3 Å². The number of amides is 1. The van der Waals surface area contributed by atoms with Crippen LogP contribution in [0.2, 0.25) is 0 Å². The second-order valence-electron chi connectivity index (χ2n) is 6.41. The Kier molecular flexibility index (Phi) is 6.91. The van der Waals surface area contributed by atoms with Gasteiger partial charge in [0.15, 0.2) is 18.1 Å². The van der Waals surface area contributed by atoms with Crippen molar-refractivity contribution < 1.29 is 19.0 Å². The summed E-state index contributed by atoms with van der Waals surface area (Å²) in [7, 11) is 2.91. The number of carbonyl (C=O) groups is 1. The minimum atomic E-state index is -0.628. The van der Waals surface area contributed by atoms with Gasteiger partial charge in [-0.15, -0.1) is 0 Å². The molecule has 1 amide bonds. The number of rotatable bonds is 8. The zero-order valence-electron chi connectivity index (χ0n) is 17.2. The van der Waals surface area contributed by atoms with Crippen LogP contribution in [0.3, 0.4) is 0 Å². The molecule has 31 heavy (non-hydrogen) atoms. The molecule has 0 aliphatic heterocycles. The van der Waals surface area contributed by atoms with Crippen molar-refractivity contribution in [2.45, 2.75) is 13.3 Å². The molecule has 3 rings (SSSR count). The second kappa shape index (κ2) is 9.61. The number of halogens is 1. The Labute approximate surface area is 186 Å². The predicted octanol–water partition coefficient (Wildman–Crippen LogP) is 2.48. The summed E-state index contributed by atoms with van der Waals surface area (Å²) < 4.78 is 18.1. The van der Waals surface area contributed by atoms with Crippen molar-refractivity contribution in [3.05, 3.63) is 56.5 Å². The van der Waals surface area contributed by atoms with E-state index >= 15 is 0 Å². The van der Waals surface area contributed by atoms with Gasteiger partial charge in [-0.1, -0.05) is 22.9 Å². The van der Waals surface area contributed by atoms with Crippen molar-refractivity contribution in [3.63, 3.8) is 0 Å². The van der Waals surface area contributed by atoms with Crippen LogP contribution < -0.4 is 25.5 Å². The third-order valence-electron chi connectivity index (χ3n) is 4.36. The number of aromatic nitrogens is 2. The number of fused-ring (bicyclic) bond motifs is 1. The van der Waals surface area contributed by atoms with Gasteiger partial charge >= 0.3 is 0 Å². The van der Waals surface area contributed by atoms with E-state index in [1.807, 2.05) is 13.0 Å². The van der Waals surface area contributed by atoms with Crippen molar-refractivity contribution in [2.75, 3.05) is 20.8 Å². The minimum Gasteiger partial charge on any atom is -0.493 e. The average molecular weight is 489 g/mol. The Balaban J connectivity index is 2.07. The van der Waals surface area contributed by atoms with Crippen molar-refractivity contribution in [3.8, 4) is 17.2 Å². The van der Waals surface area contributed by atoms with E-state index in [0.717, 1.165) is 4.47 Å². The third-order valence-corrected chi connectivity index (χ3v) is 4.85. The Morgan fingerprint density at radius 2 is 1.90 bits per heavy atom. The van der Waals surface area contributed by atoms with Gasteiger partial charge in [-0.2, -0.15) is 9.78 Å². The fourth-order valence-corrected chi connectivity index (χ4v) is 3.29. The minimum absolute atomic E-state index is 0.240. The number of benzene rings is 2. The number of hydrogen-bond acceptors (Lipinski definition) is 7. The summed E-state index contributed by atoms with van der Waals surface area (Å²) in [5.41, 5.74) is 6.06. The quantitative estimate of drug-likeness (QED) is 0.486. The summed E-state index contributed by atoms with van der Waals surface area (Å²) in [5, 5.41) is 4.81. The average Bonchev–Trinajstić information content (AvgIpc) is 2.76. The van der Waals surface area contributed by atoms with Crippen molar-refractivity contribution >= 4 is 39.0 Å². The Hall–Kier alpha value is -3.40. The number of methoxy groups -OCH3 is 2. The molecule has 1 heterocycles. The molecule has 162 valence electrons. The first kappa shape index (κ1) is 22.3. The normalized spacial score (nSPS) is 11.1. The topological polar surface area (TPSA) is 118 Å². The lowest BCUT2D eigenvalue weighted by Crippen LogP contribution is -2.22. The number of ether oxygens (including phenoxy) is 3. The number of hydrogen-bond donors (Lipinski definition) is 1. The largest absolute Gasteiger partial charge is 0.493 e. The van der Waals surface area contributed by atoms with Crippen molar-refractivity contribution in [2.24, 2.45) is 10.8 Å². The van der Waals surface area contributed by atoms with Crippen LogP contribution in [0.4, 0.5) is 0 Å². The predicted molar refractivity (Wildman–Crippen MR) is 120 cm³/mol. The zero-order chi connectivity index (χ0) is 22.5. The standard InChI is InChI=1S/C21H21BrN4O5/c1-4-19-25-15-6-5-13(22)9-14(15)21(28)26(19)24-10-12-7-16(29-2)20(17(8-12)30-3)31-11-18(23)27/h5-10H,4,11H2,1-3H3,(H2,23,27). The molecule has 0 saturated heterocycles.